The van der Waals surface area contributed by atoms with Crippen LogP contribution in [0.15, 0.2) is 18.2 Å². The highest BCUT2D eigenvalue weighted by Gasteiger charge is 2.05. The van der Waals surface area contributed by atoms with Crippen molar-refractivity contribution in [3.63, 3.8) is 0 Å². The zero-order valence-corrected chi connectivity index (χ0v) is 8.52. The van der Waals surface area contributed by atoms with Gasteiger partial charge in [0.15, 0.2) is 0 Å². The summed E-state index contributed by atoms with van der Waals surface area (Å²) in [6.07, 6.45) is 0.937. The van der Waals surface area contributed by atoms with E-state index in [-0.39, 0.29) is 0 Å². The molecule has 1 N–H and O–H groups in total. The number of H-pyrrole nitrogens is 1. The number of nitrogens with one attached hydrogen (secondary N) is 1. The van der Waals surface area contributed by atoms with Crippen LogP contribution < -0.4 is 0 Å². The summed E-state index contributed by atoms with van der Waals surface area (Å²) in [4.78, 5) is 3.23. The Morgan fingerprint density at radius 1 is 1.43 bits per heavy atom. The van der Waals surface area contributed by atoms with Crippen LogP contribution in [-0.2, 0) is 6.42 Å². The van der Waals surface area contributed by atoms with Crippen LogP contribution in [0.4, 0.5) is 0 Å². The van der Waals surface area contributed by atoms with Gasteiger partial charge in [-0.05, 0) is 24.6 Å². The van der Waals surface area contributed by atoms with Gasteiger partial charge < -0.3 is 4.98 Å². The lowest BCUT2D eigenvalue weighted by molar-refractivity contribution is 1.07. The number of rotatable bonds is 1. The van der Waals surface area contributed by atoms with E-state index >= 15 is 0 Å². The minimum atomic E-state index is 0.590. The first-order chi connectivity index (χ1) is 6.74. The molecule has 0 spiro atoms. The molecule has 0 amide bonds. The molecule has 1 heterocycles. The second-order valence-electron chi connectivity index (χ2n) is 3.18. The molecule has 2 aromatic rings. The number of hydrogen-bond acceptors (Lipinski definition) is 1. The van der Waals surface area contributed by atoms with Crippen molar-refractivity contribution in [2.45, 2.75) is 13.3 Å². The van der Waals surface area contributed by atoms with Crippen molar-refractivity contribution in [3.8, 4) is 6.07 Å². The molecule has 1 aromatic carbocycles. The molecule has 0 unspecified atom stereocenters. The standard InChI is InChI=1S/C11H9ClN2/c1-2-8-5-9-10(12)3-7(6-13)4-11(9)14-8/h3-5,14H,2H2,1H3. The first kappa shape index (κ1) is 9.11. The van der Waals surface area contributed by atoms with E-state index in [1.54, 1.807) is 6.07 Å². The first-order valence-corrected chi connectivity index (χ1v) is 4.83. The van der Waals surface area contributed by atoms with Gasteiger partial charge >= 0.3 is 0 Å². The van der Waals surface area contributed by atoms with Crippen LogP contribution in [0, 0.1) is 11.3 Å². The highest BCUT2D eigenvalue weighted by Crippen LogP contribution is 2.26. The van der Waals surface area contributed by atoms with Gasteiger partial charge in [0, 0.05) is 16.6 Å². The third-order valence-corrected chi connectivity index (χ3v) is 2.57. The zero-order valence-electron chi connectivity index (χ0n) is 7.76. The Morgan fingerprint density at radius 3 is 2.86 bits per heavy atom. The summed E-state index contributed by atoms with van der Waals surface area (Å²) in [5.74, 6) is 0. The number of aromatic nitrogens is 1. The predicted molar refractivity (Wildman–Crippen MR) is 57.4 cm³/mol. The third-order valence-electron chi connectivity index (χ3n) is 2.25. The van der Waals surface area contributed by atoms with E-state index in [1.807, 2.05) is 12.1 Å². The fourth-order valence-corrected chi connectivity index (χ4v) is 1.78. The maximum Gasteiger partial charge on any atom is 0.0992 e. The minimum absolute atomic E-state index is 0.590. The fourth-order valence-electron chi connectivity index (χ4n) is 1.51. The summed E-state index contributed by atoms with van der Waals surface area (Å²) in [7, 11) is 0. The topological polar surface area (TPSA) is 39.6 Å². The molecule has 0 bridgehead atoms. The number of fused-ring (bicyclic) bond motifs is 1. The Balaban J connectivity index is 2.75. The number of nitriles is 1. The molecule has 2 nitrogen and oxygen atoms in total. The fraction of sp³-hybridized carbons (Fsp3) is 0.182. The van der Waals surface area contributed by atoms with E-state index in [0.29, 0.717) is 10.6 Å². The molecule has 0 fully saturated rings. The molecule has 0 saturated heterocycles. The van der Waals surface area contributed by atoms with Gasteiger partial charge in [0.2, 0.25) is 0 Å². The Hall–Kier alpha value is -1.46. The third kappa shape index (κ3) is 1.36. The van der Waals surface area contributed by atoms with Crippen molar-refractivity contribution in [2.24, 2.45) is 0 Å². The van der Waals surface area contributed by atoms with Gasteiger partial charge in [0.05, 0.1) is 16.7 Å². The monoisotopic (exact) mass is 204 g/mol. The highest BCUT2D eigenvalue weighted by molar-refractivity contribution is 6.35. The molecule has 0 aliphatic carbocycles. The smallest absolute Gasteiger partial charge is 0.0992 e. The van der Waals surface area contributed by atoms with E-state index < -0.39 is 0 Å². The molecular weight excluding hydrogens is 196 g/mol. The van der Waals surface area contributed by atoms with Crippen LogP contribution >= 0.6 is 11.6 Å². The molecule has 14 heavy (non-hydrogen) atoms. The Labute approximate surface area is 87.1 Å². The Bertz CT molecular complexity index is 520. The number of aromatic amines is 1. The molecule has 3 heteroatoms. The van der Waals surface area contributed by atoms with Crippen molar-refractivity contribution < 1.29 is 0 Å². The zero-order chi connectivity index (χ0) is 10.1. The molecule has 0 atom stereocenters. The summed E-state index contributed by atoms with van der Waals surface area (Å²) < 4.78 is 0. The largest absolute Gasteiger partial charge is 0.358 e. The second-order valence-corrected chi connectivity index (χ2v) is 3.59. The van der Waals surface area contributed by atoms with Crippen LogP contribution in [0.3, 0.4) is 0 Å². The number of hydrogen-bond donors (Lipinski definition) is 1. The average molecular weight is 205 g/mol. The summed E-state index contributed by atoms with van der Waals surface area (Å²) in [5, 5.41) is 10.4. The minimum Gasteiger partial charge on any atom is -0.358 e. The Morgan fingerprint density at radius 2 is 2.21 bits per heavy atom. The summed E-state index contributed by atoms with van der Waals surface area (Å²) in [5.41, 5.74) is 2.66. The van der Waals surface area contributed by atoms with Gasteiger partial charge in [-0.1, -0.05) is 18.5 Å². The molecule has 70 valence electrons. The van der Waals surface area contributed by atoms with Crippen molar-refractivity contribution >= 4 is 22.5 Å². The summed E-state index contributed by atoms with van der Waals surface area (Å²) >= 11 is 6.04. The summed E-state index contributed by atoms with van der Waals surface area (Å²) in [6, 6.07) is 7.62. The lowest BCUT2D eigenvalue weighted by Crippen LogP contribution is -1.77. The van der Waals surface area contributed by atoms with Gasteiger partial charge in [0.25, 0.3) is 0 Å². The molecular formula is C11H9ClN2. The van der Waals surface area contributed by atoms with Crippen LogP contribution in [0.2, 0.25) is 5.02 Å². The molecule has 0 radical (unpaired) electrons. The van der Waals surface area contributed by atoms with E-state index in [9.17, 15) is 0 Å². The maximum absolute atomic E-state index is 8.76. The van der Waals surface area contributed by atoms with Gasteiger partial charge in [-0.2, -0.15) is 5.26 Å². The van der Waals surface area contributed by atoms with E-state index in [1.165, 1.54) is 0 Å². The van der Waals surface area contributed by atoms with Crippen LogP contribution in [0.25, 0.3) is 10.9 Å². The maximum atomic E-state index is 8.76. The Kier molecular flexibility index (Phi) is 2.18. The van der Waals surface area contributed by atoms with Gasteiger partial charge in [-0.25, -0.2) is 0 Å². The van der Waals surface area contributed by atoms with Gasteiger partial charge in [-0.3, -0.25) is 0 Å². The van der Waals surface area contributed by atoms with Crippen molar-refractivity contribution in [3.05, 3.63) is 34.5 Å². The molecule has 1 aromatic heterocycles. The van der Waals surface area contributed by atoms with E-state index in [4.69, 9.17) is 16.9 Å². The lowest BCUT2D eigenvalue weighted by Gasteiger charge is -1.94. The lowest BCUT2D eigenvalue weighted by atomic mass is 10.2. The number of nitrogens with zero attached hydrogens (tertiary/aromatic N) is 1. The van der Waals surface area contributed by atoms with Crippen LogP contribution in [0.5, 0.6) is 0 Å². The first-order valence-electron chi connectivity index (χ1n) is 4.46. The molecule has 2 rings (SSSR count). The van der Waals surface area contributed by atoms with Crippen LogP contribution in [-0.4, -0.2) is 4.98 Å². The SMILES string of the molecule is CCc1cc2c(Cl)cc(C#N)cc2[nH]1. The van der Waals surface area contributed by atoms with E-state index in [0.717, 1.165) is 23.0 Å². The summed E-state index contributed by atoms with van der Waals surface area (Å²) in [6.45, 7) is 2.07. The highest BCUT2D eigenvalue weighted by atomic mass is 35.5. The van der Waals surface area contributed by atoms with E-state index in [2.05, 4.69) is 18.0 Å². The predicted octanol–water partition coefficient (Wildman–Crippen LogP) is 3.26. The van der Waals surface area contributed by atoms with Crippen molar-refractivity contribution in [2.75, 3.05) is 0 Å². The number of aryl methyl sites for hydroxylation is 1. The van der Waals surface area contributed by atoms with Gasteiger partial charge in [0.1, 0.15) is 0 Å². The van der Waals surface area contributed by atoms with Crippen LogP contribution in [0.1, 0.15) is 18.2 Å². The second kappa shape index (κ2) is 3.36. The quantitative estimate of drug-likeness (QED) is 0.761. The van der Waals surface area contributed by atoms with Gasteiger partial charge in [-0.15, -0.1) is 0 Å². The molecule has 0 aliphatic heterocycles. The molecule has 0 aliphatic rings. The van der Waals surface area contributed by atoms with Crippen molar-refractivity contribution in [1.29, 1.82) is 5.26 Å². The molecule has 0 saturated carbocycles. The normalized spacial score (nSPS) is 10.4. The van der Waals surface area contributed by atoms with Crippen molar-refractivity contribution in [1.82, 2.24) is 4.98 Å². The number of benzene rings is 1. The number of halogens is 1. The average Bonchev–Trinajstić information content (AvgIpc) is 2.61.